The molecule has 0 atom stereocenters. The summed E-state index contributed by atoms with van der Waals surface area (Å²) in [4.78, 5) is 2.01. The van der Waals surface area contributed by atoms with Crippen LogP contribution in [-0.2, 0) is 0 Å². The summed E-state index contributed by atoms with van der Waals surface area (Å²) >= 11 is 1.16. The summed E-state index contributed by atoms with van der Waals surface area (Å²) in [5.74, 6) is -0.530. The Labute approximate surface area is 92.4 Å². The smallest absolute Gasteiger partial charge is 0.141 e. The highest BCUT2D eigenvalue weighted by Crippen LogP contribution is 2.26. The van der Waals surface area contributed by atoms with Crippen molar-refractivity contribution in [1.82, 2.24) is 4.90 Å². The first kappa shape index (κ1) is 12.3. The predicted octanol–water partition coefficient (Wildman–Crippen LogP) is 2.20. The van der Waals surface area contributed by atoms with Crippen molar-refractivity contribution in [2.75, 3.05) is 32.1 Å². The normalized spacial score (nSPS) is 11.0. The van der Waals surface area contributed by atoms with Crippen molar-refractivity contribution in [1.29, 1.82) is 0 Å². The molecule has 1 rings (SSSR count). The minimum absolute atomic E-state index is 0.0473. The Bertz CT molecular complexity index is 319. The number of nitrogens with zero attached hydrogens (tertiary/aromatic N) is 1. The van der Waals surface area contributed by atoms with Crippen LogP contribution in [0.15, 0.2) is 17.0 Å². The number of benzene rings is 1. The molecule has 0 saturated carbocycles. The Balaban J connectivity index is 2.68. The molecule has 0 fully saturated rings. The number of thioether (sulfide) groups is 1. The first-order valence-electron chi connectivity index (χ1n) is 4.52. The van der Waals surface area contributed by atoms with Gasteiger partial charge in [0.1, 0.15) is 11.6 Å². The van der Waals surface area contributed by atoms with Crippen molar-refractivity contribution in [3.05, 3.63) is 23.8 Å². The Hall–Kier alpha value is -0.810. The molecule has 0 aliphatic carbocycles. The second kappa shape index (κ2) is 5.32. The summed E-state index contributed by atoms with van der Waals surface area (Å²) in [5.41, 5.74) is 5.42. The zero-order valence-corrected chi connectivity index (χ0v) is 9.57. The maximum absolute atomic E-state index is 13.3. The van der Waals surface area contributed by atoms with Gasteiger partial charge in [0.05, 0.1) is 4.90 Å². The Kier molecular flexibility index (Phi) is 4.35. The quantitative estimate of drug-likeness (QED) is 0.637. The fourth-order valence-electron chi connectivity index (χ4n) is 1.05. The lowest BCUT2D eigenvalue weighted by Crippen LogP contribution is -2.14. The molecule has 0 amide bonds. The second-order valence-corrected chi connectivity index (χ2v) is 4.57. The second-order valence-electron chi connectivity index (χ2n) is 3.47. The number of nitrogens with two attached hydrogens (primary N) is 1. The molecule has 84 valence electrons. The van der Waals surface area contributed by atoms with E-state index in [9.17, 15) is 8.78 Å². The summed E-state index contributed by atoms with van der Waals surface area (Å²) in [5, 5.41) is 0. The molecule has 0 heterocycles. The van der Waals surface area contributed by atoms with Crippen LogP contribution in [-0.4, -0.2) is 31.3 Å². The first-order chi connectivity index (χ1) is 7.00. The molecular weight excluding hydrogens is 218 g/mol. The highest BCUT2D eigenvalue weighted by atomic mass is 32.2. The molecule has 0 radical (unpaired) electrons. The van der Waals surface area contributed by atoms with E-state index in [1.165, 1.54) is 0 Å². The van der Waals surface area contributed by atoms with Gasteiger partial charge in [-0.3, -0.25) is 0 Å². The van der Waals surface area contributed by atoms with Crippen LogP contribution in [0.25, 0.3) is 0 Å². The van der Waals surface area contributed by atoms with Crippen molar-refractivity contribution < 1.29 is 8.78 Å². The van der Waals surface area contributed by atoms with Crippen molar-refractivity contribution >= 4 is 17.4 Å². The van der Waals surface area contributed by atoms with Gasteiger partial charge in [-0.05, 0) is 26.2 Å². The van der Waals surface area contributed by atoms with Crippen molar-refractivity contribution in [2.24, 2.45) is 0 Å². The van der Waals surface area contributed by atoms with Crippen LogP contribution in [0.5, 0.6) is 0 Å². The Morgan fingerprint density at radius 2 is 1.80 bits per heavy atom. The van der Waals surface area contributed by atoms with Crippen molar-refractivity contribution in [2.45, 2.75) is 4.90 Å². The molecule has 0 aliphatic rings. The van der Waals surface area contributed by atoms with Crippen molar-refractivity contribution in [3.8, 4) is 0 Å². The minimum Gasteiger partial charge on any atom is -0.399 e. The highest BCUT2D eigenvalue weighted by molar-refractivity contribution is 7.99. The third kappa shape index (κ3) is 3.68. The van der Waals surface area contributed by atoms with E-state index in [4.69, 9.17) is 5.73 Å². The molecule has 2 N–H and O–H groups in total. The first-order valence-corrected chi connectivity index (χ1v) is 5.51. The van der Waals surface area contributed by atoms with Gasteiger partial charge in [0, 0.05) is 18.0 Å². The van der Waals surface area contributed by atoms with Crippen LogP contribution >= 0.6 is 11.8 Å². The zero-order valence-electron chi connectivity index (χ0n) is 8.76. The lowest BCUT2D eigenvalue weighted by Gasteiger charge is -2.10. The van der Waals surface area contributed by atoms with E-state index < -0.39 is 11.6 Å². The van der Waals surface area contributed by atoms with E-state index in [0.29, 0.717) is 5.75 Å². The largest absolute Gasteiger partial charge is 0.399 e. The third-order valence-electron chi connectivity index (χ3n) is 1.81. The molecule has 5 heteroatoms. The van der Waals surface area contributed by atoms with Gasteiger partial charge < -0.3 is 10.6 Å². The molecular formula is C10H14F2N2S. The van der Waals surface area contributed by atoms with Crippen LogP contribution in [0, 0.1) is 11.6 Å². The maximum atomic E-state index is 13.3. The highest BCUT2D eigenvalue weighted by Gasteiger charge is 2.10. The van der Waals surface area contributed by atoms with Gasteiger partial charge in [0.2, 0.25) is 0 Å². The molecule has 0 saturated heterocycles. The zero-order chi connectivity index (χ0) is 11.4. The number of rotatable bonds is 4. The summed E-state index contributed by atoms with van der Waals surface area (Å²) in [7, 11) is 3.83. The number of nitrogen functional groups attached to an aromatic ring is 1. The van der Waals surface area contributed by atoms with E-state index in [-0.39, 0.29) is 10.6 Å². The predicted molar refractivity (Wildman–Crippen MR) is 60.0 cm³/mol. The average Bonchev–Trinajstić information content (AvgIpc) is 2.08. The minimum atomic E-state index is -0.587. The molecule has 1 aromatic carbocycles. The van der Waals surface area contributed by atoms with Gasteiger partial charge in [-0.2, -0.15) is 0 Å². The molecule has 0 aromatic heterocycles. The van der Waals surface area contributed by atoms with Crippen molar-refractivity contribution in [3.63, 3.8) is 0 Å². The molecule has 0 unspecified atom stereocenters. The standard InChI is InChI=1S/C10H14F2N2S/c1-14(2)3-4-15-10-8(11)5-7(13)6-9(10)12/h5-6H,3-4,13H2,1-2H3. The number of hydrogen-bond donors (Lipinski definition) is 1. The maximum Gasteiger partial charge on any atom is 0.141 e. The topological polar surface area (TPSA) is 29.3 Å². The number of anilines is 1. The molecule has 0 aliphatic heterocycles. The van der Waals surface area contributed by atoms with E-state index >= 15 is 0 Å². The fraction of sp³-hybridized carbons (Fsp3) is 0.400. The van der Waals surface area contributed by atoms with E-state index in [0.717, 1.165) is 30.4 Å². The van der Waals surface area contributed by atoms with E-state index in [1.807, 2.05) is 19.0 Å². The summed E-state index contributed by atoms with van der Waals surface area (Å²) in [6.07, 6.45) is 0. The SMILES string of the molecule is CN(C)CCSc1c(F)cc(N)cc1F. The van der Waals surface area contributed by atoms with E-state index in [2.05, 4.69) is 0 Å². The van der Waals surface area contributed by atoms with Gasteiger partial charge in [-0.25, -0.2) is 8.78 Å². The molecule has 1 aromatic rings. The number of hydrogen-bond acceptors (Lipinski definition) is 3. The fourth-order valence-corrected chi connectivity index (χ4v) is 2.10. The lowest BCUT2D eigenvalue weighted by atomic mass is 10.3. The molecule has 15 heavy (non-hydrogen) atoms. The average molecular weight is 232 g/mol. The third-order valence-corrected chi connectivity index (χ3v) is 2.87. The van der Waals surface area contributed by atoms with Crippen LogP contribution in [0.2, 0.25) is 0 Å². The summed E-state index contributed by atoms with van der Waals surface area (Å²) in [6.45, 7) is 0.772. The number of halogens is 2. The summed E-state index contributed by atoms with van der Waals surface area (Å²) in [6, 6.07) is 2.28. The molecule has 0 spiro atoms. The van der Waals surface area contributed by atoms with Gasteiger partial charge in [-0.1, -0.05) is 0 Å². The van der Waals surface area contributed by atoms with Crippen LogP contribution in [0.4, 0.5) is 14.5 Å². The Morgan fingerprint density at radius 3 is 2.27 bits per heavy atom. The van der Waals surface area contributed by atoms with Gasteiger partial charge in [-0.15, -0.1) is 11.8 Å². The summed E-state index contributed by atoms with van der Waals surface area (Å²) < 4.78 is 26.6. The van der Waals surface area contributed by atoms with Crippen LogP contribution in [0.3, 0.4) is 0 Å². The van der Waals surface area contributed by atoms with E-state index in [1.54, 1.807) is 0 Å². The Morgan fingerprint density at radius 1 is 1.27 bits per heavy atom. The van der Waals surface area contributed by atoms with Gasteiger partial charge >= 0.3 is 0 Å². The lowest BCUT2D eigenvalue weighted by molar-refractivity contribution is 0.437. The van der Waals surface area contributed by atoms with Gasteiger partial charge in [0.25, 0.3) is 0 Å². The monoisotopic (exact) mass is 232 g/mol. The van der Waals surface area contributed by atoms with Gasteiger partial charge in [0.15, 0.2) is 0 Å². The van der Waals surface area contributed by atoms with Crippen LogP contribution < -0.4 is 5.73 Å². The van der Waals surface area contributed by atoms with Crippen LogP contribution in [0.1, 0.15) is 0 Å². The molecule has 2 nitrogen and oxygen atoms in total. The molecule has 0 bridgehead atoms.